The molecule has 2 aromatic rings. The van der Waals surface area contributed by atoms with E-state index in [0.717, 1.165) is 25.8 Å². The summed E-state index contributed by atoms with van der Waals surface area (Å²) < 4.78 is 0. The van der Waals surface area contributed by atoms with Crippen molar-refractivity contribution in [1.29, 1.82) is 0 Å². The van der Waals surface area contributed by atoms with E-state index < -0.39 is 11.5 Å². The number of nitrogens with zero attached hydrogens (tertiary/aromatic N) is 5. The lowest BCUT2D eigenvalue weighted by atomic mass is 9.97. The molecule has 2 aliphatic heterocycles. The molecule has 4 rings (SSSR count). The summed E-state index contributed by atoms with van der Waals surface area (Å²) in [5.74, 6) is -0.388. The molecule has 4 heterocycles. The average molecular weight is 519 g/mol. The summed E-state index contributed by atoms with van der Waals surface area (Å²) in [5.41, 5.74) is 11.1. The summed E-state index contributed by atoms with van der Waals surface area (Å²) in [6.07, 6.45) is 3.94. The molecule has 0 radical (unpaired) electrons. The topological polar surface area (TPSA) is 155 Å². The minimum absolute atomic E-state index is 0.00290. The van der Waals surface area contributed by atoms with E-state index in [-0.39, 0.29) is 28.6 Å². The number of carbonyl (C=O) groups excluding carboxylic acids is 2. The lowest BCUT2D eigenvalue weighted by Gasteiger charge is -2.47. The highest BCUT2D eigenvalue weighted by Crippen LogP contribution is 2.26. The Balaban J connectivity index is 0.00000176. The number of primary amides is 1. The van der Waals surface area contributed by atoms with Crippen LogP contribution in [0, 0.1) is 0 Å². The Morgan fingerprint density at radius 2 is 1.86 bits per heavy atom. The smallest absolute Gasteiger partial charge is 0.291 e. The first-order chi connectivity index (χ1) is 17.3. The fraction of sp³-hybridized carbons (Fsp3) is 0.542. The van der Waals surface area contributed by atoms with Gasteiger partial charge in [0.25, 0.3) is 17.4 Å². The second-order valence-corrected chi connectivity index (χ2v) is 9.04. The van der Waals surface area contributed by atoms with Crippen molar-refractivity contribution >= 4 is 35.1 Å². The molecule has 12 heteroatoms. The lowest BCUT2D eigenvalue weighted by Crippen LogP contribution is -2.59. The van der Waals surface area contributed by atoms with Gasteiger partial charge in [0.1, 0.15) is 16.7 Å². The molecule has 1 unspecified atom stereocenters. The van der Waals surface area contributed by atoms with Crippen LogP contribution in [0.5, 0.6) is 0 Å². The lowest BCUT2D eigenvalue weighted by molar-refractivity contribution is 0.0491. The van der Waals surface area contributed by atoms with Crippen LogP contribution in [0.15, 0.2) is 23.1 Å². The van der Waals surface area contributed by atoms with Crippen molar-refractivity contribution in [3.8, 4) is 0 Å². The van der Waals surface area contributed by atoms with Gasteiger partial charge in [0.2, 0.25) is 0 Å². The molecular formula is C24H35ClN8O3. The highest BCUT2D eigenvalue weighted by atomic mass is 35.5. The van der Waals surface area contributed by atoms with E-state index in [1.165, 1.54) is 6.20 Å². The first kappa shape index (κ1) is 27.4. The van der Waals surface area contributed by atoms with Gasteiger partial charge in [0.15, 0.2) is 5.82 Å². The van der Waals surface area contributed by atoms with Gasteiger partial charge < -0.3 is 26.3 Å². The highest BCUT2D eigenvalue weighted by molar-refractivity contribution is 6.29. The number of pyridine rings is 1. The van der Waals surface area contributed by atoms with Crippen molar-refractivity contribution in [2.75, 3.05) is 43.4 Å². The van der Waals surface area contributed by atoms with Gasteiger partial charge in [-0.15, -0.1) is 0 Å². The molecular weight excluding hydrogens is 484 g/mol. The summed E-state index contributed by atoms with van der Waals surface area (Å²) in [6, 6.07) is 3.79. The minimum atomic E-state index is -0.716. The quantitative estimate of drug-likeness (QED) is 0.505. The summed E-state index contributed by atoms with van der Waals surface area (Å²) in [4.78, 5) is 53.6. The molecule has 0 bridgehead atoms. The van der Waals surface area contributed by atoms with E-state index >= 15 is 0 Å². The molecule has 0 aliphatic carbocycles. The van der Waals surface area contributed by atoms with Gasteiger partial charge in [-0.3, -0.25) is 19.3 Å². The van der Waals surface area contributed by atoms with Crippen molar-refractivity contribution < 1.29 is 9.59 Å². The van der Waals surface area contributed by atoms with E-state index in [1.807, 2.05) is 23.6 Å². The predicted octanol–water partition coefficient (Wildman–Crippen LogP) is 1.73. The molecule has 2 aromatic heterocycles. The Bertz CT molecular complexity index is 1130. The Morgan fingerprint density at radius 3 is 2.44 bits per heavy atom. The molecule has 1 atom stereocenters. The Morgan fingerprint density at radius 1 is 1.17 bits per heavy atom. The highest BCUT2D eigenvalue weighted by Gasteiger charge is 2.35. The van der Waals surface area contributed by atoms with Crippen molar-refractivity contribution in [2.24, 2.45) is 5.73 Å². The van der Waals surface area contributed by atoms with Crippen LogP contribution in [0.1, 0.15) is 60.9 Å². The first-order valence-electron chi connectivity index (χ1n) is 12.4. The van der Waals surface area contributed by atoms with Gasteiger partial charge in [0.05, 0.1) is 11.8 Å². The number of hydrogen-bond donors (Lipinski definition) is 3. The standard InChI is InChI=1S/C22H29ClN8O3.C2H6/c1-2-13-12-30(20-21(33)27-16(11-26-20)19(25)32)9-10-31(13)14-5-7-29(8-6-14)22(34)15-3-4-17(23)28-18(15)24;1-2/h3-4,11,13-14H,2,5-10,12H2,1H3,(H2,24,28)(H2,25,32)(H,27,33);1-2H3. The van der Waals surface area contributed by atoms with Crippen LogP contribution in [0.2, 0.25) is 5.15 Å². The normalized spacial score (nSPS) is 18.9. The van der Waals surface area contributed by atoms with Gasteiger partial charge in [-0.1, -0.05) is 32.4 Å². The number of carbonyl (C=O) groups is 2. The van der Waals surface area contributed by atoms with Crippen LogP contribution in [0.25, 0.3) is 0 Å². The van der Waals surface area contributed by atoms with E-state index in [9.17, 15) is 14.4 Å². The van der Waals surface area contributed by atoms with Gasteiger partial charge >= 0.3 is 0 Å². The third-order valence-corrected chi connectivity index (χ3v) is 6.88. The number of rotatable bonds is 5. The van der Waals surface area contributed by atoms with Crippen LogP contribution in [-0.2, 0) is 0 Å². The number of aromatic nitrogens is 3. The Kier molecular flexibility index (Phi) is 9.27. The zero-order chi connectivity index (χ0) is 26.4. The van der Waals surface area contributed by atoms with Crippen LogP contribution >= 0.6 is 11.6 Å². The number of halogens is 1. The number of piperazine rings is 1. The monoisotopic (exact) mass is 518 g/mol. The zero-order valence-electron chi connectivity index (χ0n) is 21.0. The summed E-state index contributed by atoms with van der Waals surface area (Å²) in [7, 11) is 0. The number of anilines is 2. The zero-order valence-corrected chi connectivity index (χ0v) is 21.8. The molecule has 196 valence electrons. The Labute approximate surface area is 215 Å². The molecule has 36 heavy (non-hydrogen) atoms. The Hall–Kier alpha value is -3.18. The third kappa shape index (κ3) is 5.96. The minimum Gasteiger partial charge on any atom is -0.383 e. The molecule has 2 aliphatic rings. The van der Waals surface area contributed by atoms with Crippen LogP contribution < -0.4 is 21.9 Å². The van der Waals surface area contributed by atoms with Crippen LogP contribution in [0.4, 0.5) is 11.6 Å². The number of likely N-dealkylation sites (tertiary alicyclic amines) is 1. The van der Waals surface area contributed by atoms with Gasteiger partial charge in [-0.2, -0.15) is 0 Å². The summed E-state index contributed by atoms with van der Waals surface area (Å²) in [6.45, 7) is 9.49. The largest absolute Gasteiger partial charge is 0.383 e. The molecule has 2 fully saturated rings. The van der Waals surface area contributed by atoms with E-state index in [4.69, 9.17) is 23.1 Å². The number of amides is 2. The number of nitrogen functional groups attached to an aromatic ring is 1. The fourth-order valence-corrected chi connectivity index (χ4v) is 5.01. The molecule has 11 nitrogen and oxygen atoms in total. The van der Waals surface area contributed by atoms with Crippen molar-refractivity contribution in [3.63, 3.8) is 0 Å². The summed E-state index contributed by atoms with van der Waals surface area (Å²) in [5, 5.41) is 0.263. The number of piperidine rings is 1. The van der Waals surface area contributed by atoms with Crippen molar-refractivity contribution in [2.45, 2.75) is 52.1 Å². The van der Waals surface area contributed by atoms with Crippen molar-refractivity contribution in [3.05, 3.63) is 45.1 Å². The van der Waals surface area contributed by atoms with Gasteiger partial charge in [0, 0.05) is 44.8 Å². The van der Waals surface area contributed by atoms with Gasteiger partial charge in [-0.05, 0) is 31.4 Å². The first-order valence-corrected chi connectivity index (χ1v) is 12.8. The number of hydrogen-bond acceptors (Lipinski definition) is 8. The molecule has 2 amide bonds. The van der Waals surface area contributed by atoms with Crippen LogP contribution in [-0.4, -0.2) is 81.4 Å². The van der Waals surface area contributed by atoms with E-state index in [2.05, 4.69) is 26.8 Å². The predicted molar refractivity (Wildman–Crippen MR) is 140 cm³/mol. The maximum absolute atomic E-state index is 12.9. The van der Waals surface area contributed by atoms with E-state index in [1.54, 1.807) is 12.1 Å². The number of aromatic amines is 1. The average Bonchev–Trinajstić information content (AvgIpc) is 2.89. The van der Waals surface area contributed by atoms with Crippen molar-refractivity contribution in [1.82, 2.24) is 24.8 Å². The second-order valence-electron chi connectivity index (χ2n) is 8.65. The molecule has 5 N–H and O–H groups in total. The maximum Gasteiger partial charge on any atom is 0.291 e. The fourth-order valence-electron chi connectivity index (χ4n) is 4.85. The number of nitrogens with two attached hydrogens (primary N) is 2. The number of nitrogens with one attached hydrogen (secondary N) is 1. The summed E-state index contributed by atoms with van der Waals surface area (Å²) >= 11 is 5.85. The molecule has 2 saturated heterocycles. The SMILES string of the molecule is CC.CCC1CN(c2ncc(C(N)=O)[nH]c2=O)CCN1C1CCN(C(=O)c2ccc(Cl)nc2N)CC1. The number of H-pyrrole nitrogens is 1. The van der Waals surface area contributed by atoms with Gasteiger partial charge in [-0.25, -0.2) is 9.97 Å². The third-order valence-electron chi connectivity index (χ3n) is 6.67. The molecule has 0 aromatic carbocycles. The van der Waals surface area contributed by atoms with E-state index in [0.29, 0.717) is 43.6 Å². The second kappa shape index (κ2) is 12.2. The van der Waals surface area contributed by atoms with Crippen LogP contribution in [0.3, 0.4) is 0 Å². The molecule has 0 saturated carbocycles. The molecule has 0 spiro atoms. The maximum atomic E-state index is 12.9.